The van der Waals surface area contributed by atoms with Crippen molar-refractivity contribution in [2.24, 2.45) is 0 Å². The van der Waals surface area contributed by atoms with Crippen molar-refractivity contribution in [1.82, 2.24) is 4.98 Å². The summed E-state index contributed by atoms with van der Waals surface area (Å²) in [5.41, 5.74) is 3.15. The minimum atomic E-state index is 0.281. The summed E-state index contributed by atoms with van der Waals surface area (Å²) in [5.74, 6) is 0.281. The van der Waals surface area contributed by atoms with Gasteiger partial charge in [-0.25, -0.2) is 0 Å². The molecule has 0 aliphatic carbocycles. The van der Waals surface area contributed by atoms with Crippen LogP contribution in [0.25, 0.3) is 0 Å². The Hall–Kier alpha value is -0.785. The highest BCUT2D eigenvalue weighted by molar-refractivity contribution is 6.33. The van der Waals surface area contributed by atoms with Crippen molar-refractivity contribution in [3.8, 4) is 0 Å². The molecule has 0 aliphatic heterocycles. The van der Waals surface area contributed by atoms with Crippen LogP contribution in [0.4, 0.5) is 0 Å². The lowest BCUT2D eigenvalue weighted by molar-refractivity contribution is 0.821. The molecular formula is C10H14BN. The molecule has 0 bridgehead atoms. The summed E-state index contributed by atoms with van der Waals surface area (Å²) in [7, 11) is 5.80. The lowest BCUT2D eigenvalue weighted by atomic mass is 9.88. The van der Waals surface area contributed by atoms with E-state index in [0.717, 1.165) is 17.0 Å². The molecule has 12 heavy (non-hydrogen) atoms. The van der Waals surface area contributed by atoms with Crippen LogP contribution >= 0.6 is 0 Å². The predicted molar refractivity (Wildman–Crippen MR) is 53.2 cm³/mol. The SMILES string of the molecule is [2H]c1c([B])c(C(C)C)nc(C)c1C. The Labute approximate surface area is 77.0 Å². The first-order chi connectivity index (χ1) is 5.95. The highest BCUT2D eigenvalue weighted by Crippen LogP contribution is 2.11. The molecule has 0 aliphatic rings. The van der Waals surface area contributed by atoms with Crippen molar-refractivity contribution in [2.75, 3.05) is 0 Å². The summed E-state index contributed by atoms with van der Waals surface area (Å²) in [6.07, 6.45) is 0. The zero-order valence-electron chi connectivity index (χ0n) is 9.10. The molecule has 1 aromatic heterocycles. The van der Waals surface area contributed by atoms with Crippen molar-refractivity contribution in [2.45, 2.75) is 33.6 Å². The first-order valence-electron chi connectivity index (χ1n) is 4.68. The van der Waals surface area contributed by atoms with Gasteiger partial charge in [-0.15, -0.1) is 0 Å². The average Bonchev–Trinajstić information content (AvgIpc) is 2.07. The van der Waals surface area contributed by atoms with E-state index >= 15 is 0 Å². The molecular weight excluding hydrogens is 145 g/mol. The number of nitrogens with zero attached hydrogens (tertiary/aromatic N) is 1. The molecule has 0 spiro atoms. The van der Waals surface area contributed by atoms with Gasteiger partial charge in [0.2, 0.25) is 0 Å². The molecule has 1 heterocycles. The Balaban J connectivity index is 3.41. The minimum absolute atomic E-state index is 0.281. The summed E-state index contributed by atoms with van der Waals surface area (Å²) in [5, 5.41) is 0. The second-order valence-corrected chi connectivity index (χ2v) is 3.40. The standard InChI is InChI=1S/C10H14BN/c1-6(2)10-9(11)5-7(3)8(4)12-10/h5-6H,1-4H3/i5D. The van der Waals surface area contributed by atoms with E-state index in [1.807, 2.05) is 27.7 Å². The largest absolute Gasteiger partial charge is 0.258 e. The van der Waals surface area contributed by atoms with Gasteiger partial charge in [-0.3, -0.25) is 4.98 Å². The average molecular weight is 160 g/mol. The van der Waals surface area contributed by atoms with Gasteiger partial charge in [0.15, 0.2) is 0 Å². The second-order valence-electron chi connectivity index (χ2n) is 3.40. The maximum atomic E-state index is 7.75. The molecule has 2 heteroatoms. The maximum absolute atomic E-state index is 7.75. The summed E-state index contributed by atoms with van der Waals surface area (Å²) in [6.45, 7) is 7.86. The third-order valence-electron chi connectivity index (χ3n) is 1.98. The number of hydrogen-bond acceptors (Lipinski definition) is 1. The fraction of sp³-hybridized carbons (Fsp3) is 0.500. The Bertz CT molecular complexity index is 334. The van der Waals surface area contributed by atoms with Crippen LogP contribution in [0, 0.1) is 13.8 Å². The van der Waals surface area contributed by atoms with Gasteiger partial charge in [0.25, 0.3) is 0 Å². The monoisotopic (exact) mass is 160 g/mol. The fourth-order valence-corrected chi connectivity index (χ4v) is 1.12. The van der Waals surface area contributed by atoms with E-state index in [0.29, 0.717) is 11.5 Å². The molecule has 0 N–H and O–H groups in total. The summed E-state index contributed by atoms with van der Waals surface area (Å²) < 4.78 is 7.75. The first-order valence-corrected chi connectivity index (χ1v) is 4.18. The van der Waals surface area contributed by atoms with Crippen LogP contribution < -0.4 is 5.46 Å². The Morgan fingerprint density at radius 3 is 2.58 bits per heavy atom. The van der Waals surface area contributed by atoms with Crippen LogP contribution in [-0.4, -0.2) is 12.8 Å². The highest BCUT2D eigenvalue weighted by atomic mass is 14.7. The van der Waals surface area contributed by atoms with Crippen molar-refractivity contribution in [3.63, 3.8) is 0 Å². The molecule has 0 saturated heterocycles. The van der Waals surface area contributed by atoms with Crippen LogP contribution in [0.5, 0.6) is 0 Å². The minimum Gasteiger partial charge on any atom is -0.258 e. The van der Waals surface area contributed by atoms with E-state index in [2.05, 4.69) is 4.98 Å². The van der Waals surface area contributed by atoms with Gasteiger partial charge in [0.1, 0.15) is 7.85 Å². The van der Waals surface area contributed by atoms with E-state index in [9.17, 15) is 0 Å². The number of rotatable bonds is 1. The lowest BCUT2D eigenvalue weighted by Crippen LogP contribution is -2.16. The van der Waals surface area contributed by atoms with Crippen LogP contribution in [0.2, 0.25) is 0 Å². The molecule has 0 fully saturated rings. The summed E-state index contributed by atoms with van der Waals surface area (Å²) in [4.78, 5) is 4.39. The number of aryl methyl sites for hydroxylation is 1. The summed E-state index contributed by atoms with van der Waals surface area (Å²) >= 11 is 0. The number of aromatic nitrogens is 1. The molecule has 1 rings (SSSR count). The van der Waals surface area contributed by atoms with Gasteiger partial charge in [0, 0.05) is 11.4 Å². The van der Waals surface area contributed by atoms with Crippen molar-refractivity contribution in [3.05, 3.63) is 23.0 Å². The van der Waals surface area contributed by atoms with Crippen molar-refractivity contribution >= 4 is 13.3 Å². The van der Waals surface area contributed by atoms with E-state index in [1.165, 1.54) is 0 Å². The molecule has 1 aromatic rings. The molecule has 1 nitrogen and oxygen atoms in total. The molecule has 2 radical (unpaired) electrons. The van der Waals surface area contributed by atoms with Crippen molar-refractivity contribution < 1.29 is 1.37 Å². The van der Waals surface area contributed by atoms with Crippen LogP contribution in [0.15, 0.2) is 6.04 Å². The van der Waals surface area contributed by atoms with Crippen molar-refractivity contribution in [1.29, 1.82) is 0 Å². The van der Waals surface area contributed by atoms with E-state index in [1.54, 1.807) is 0 Å². The molecule has 0 amide bonds. The van der Waals surface area contributed by atoms with Gasteiger partial charge < -0.3 is 0 Å². The van der Waals surface area contributed by atoms with E-state index < -0.39 is 0 Å². The van der Waals surface area contributed by atoms with Gasteiger partial charge in [-0.1, -0.05) is 25.4 Å². The lowest BCUT2D eigenvalue weighted by Gasteiger charge is -2.11. The molecule has 0 saturated carbocycles. The zero-order chi connectivity index (χ0) is 10.2. The normalized spacial score (nSPS) is 11.9. The summed E-state index contributed by atoms with van der Waals surface area (Å²) in [6, 6.07) is 0.427. The maximum Gasteiger partial charge on any atom is 0.116 e. The van der Waals surface area contributed by atoms with Gasteiger partial charge >= 0.3 is 0 Å². The highest BCUT2D eigenvalue weighted by Gasteiger charge is 2.05. The van der Waals surface area contributed by atoms with Crippen LogP contribution in [0.3, 0.4) is 0 Å². The Kier molecular flexibility index (Phi) is 2.16. The topological polar surface area (TPSA) is 12.9 Å². The third kappa shape index (κ3) is 1.68. The van der Waals surface area contributed by atoms with E-state index in [4.69, 9.17) is 9.22 Å². The predicted octanol–water partition coefficient (Wildman–Crippen LogP) is 1.62. The third-order valence-corrected chi connectivity index (χ3v) is 1.98. The fourth-order valence-electron chi connectivity index (χ4n) is 1.12. The Morgan fingerprint density at radius 1 is 1.50 bits per heavy atom. The molecule has 0 aromatic carbocycles. The van der Waals surface area contributed by atoms with Gasteiger partial charge in [0.05, 0.1) is 1.37 Å². The zero-order valence-corrected chi connectivity index (χ0v) is 8.10. The molecule has 0 unspecified atom stereocenters. The van der Waals surface area contributed by atoms with Gasteiger partial charge in [-0.2, -0.15) is 0 Å². The quantitative estimate of drug-likeness (QED) is 0.568. The van der Waals surface area contributed by atoms with E-state index in [-0.39, 0.29) is 5.92 Å². The first kappa shape index (κ1) is 7.84. The molecule has 0 atom stereocenters. The Morgan fingerprint density at radius 2 is 2.08 bits per heavy atom. The smallest absolute Gasteiger partial charge is 0.116 e. The number of pyridine rings is 1. The van der Waals surface area contributed by atoms with Crippen LogP contribution in [-0.2, 0) is 0 Å². The number of hydrogen-bond donors (Lipinski definition) is 0. The second kappa shape index (κ2) is 3.30. The van der Waals surface area contributed by atoms with Gasteiger partial charge in [-0.05, 0) is 25.3 Å². The van der Waals surface area contributed by atoms with Crippen LogP contribution in [0.1, 0.15) is 38.1 Å². The molecule has 62 valence electrons.